The third kappa shape index (κ3) is 7.43. The van der Waals surface area contributed by atoms with Gasteiger partial charge in [-0.2, -0.15) is 0 Å². The van der Waals surface area contributed by atoms with Gasteiger partial charge in [-0.1, -0.05) is 72.8 Å². The zero-order valence-electron chi connectivity index (χ0n) is 18.4. The molecule has 1 N–H and O–H groups in total. The van der Waals surface area contributed by atoms with Crippen LogP contribution < -0.4 is 5.32 Å². The molecule has 1 aliphatic rings. The molecule has 0 aromatic heterocycles. The Hall–Kier alpha value is -1.69. The second-order valence-electron chi connectivity index (χ2n) is 8.25. The van der Waals surface area contributed by atoms with E-state index in [1.54, 1.807) is 11.8 Å². The van der Waals surface area contributed by atoms with Crippen molar-refractivity contribution in [1.29, 1.82) is 0 Å². The van der Waals surface area contributed by atoms with Gasteiger partial charge in [-0.3, -0.25) is 9.59 Å². The summed E-state index contributed by atoms with van der Waals surface area (Å²) < 4.78 is 0. The van der Waals surface area contributed by atoms with E-state index in [0.29, 0.717) is 22.3 Å². The van der Waals surface area contributed by atoms with Crippen LogP contribution in [-0.4, -0.2) is 34.6 Å². The summed E-state index contributed by atoms with van der Waals surface area (Å²) in [5, 5.41) is 4.45. The number of benzene rings is 2. The van der Waals surface area contributed by atoms with E-state index in [4.69, 9.17) is 23.2 Å². The lowest BCUT2D eigenvalue weighted by Crippen LogP contribution is -2.50. The fourth-order valence-electron chi connectivity index (χ4n) is 3.88. The molecule has 2 amide bonds. The van der Waals surface area contributed by atoms with Crippen LogP contribution in [0.25, 0.3) is 0 Å². The van der Waals surface area contributed by atoms with Crippen molar-refractivity contribution in [1.82, 2.24) is 10.2 Å². The van der Waals surface area contributed by atoms with E-state index in [1.807, 2.05) is 48.5 Å². The summed E-state index contributed by atoms with van der Waals surface area (Å²) in [4.78, 5) is 27.9. The zero-order chi connectivity index (χ0) is 22.9. The average molecular weight is 494 g/mol. The number of amides is 2. The first kappa shape index (κ1) is 24.9. The van der Waals surface area contributed by atoms with Crippen LogP contribution in [0.2, 0.25) is 10.0 Å². The van der Waals surface area contributed by atoms with Gasteiger partial charge in [0.15, 0.2) is 0 Å². The summed E-state index contributed by atoms with van der Waals surface area (Å²) >= 11 is 13.8. The molecule has 0 radical (unpaired) electrons. The Balaban J connectivity index is 1.65. The summed E-state index contributed by atoms with van der Waals surface area (Å²) in [6.07, 6.45) is 5.53. The van der Waals surface area contributed by atoms with Crippen LogP contribution in [0.15, 0.2) is 48.5 Å². The van der Waals surface area contributed by atoms with Crippen LogP contribution >= 0.6 is 35.0 Å². The standard InChI is InChI=1S/C25H30Cl2N2O2S/c1-18(25(31)28-22-8-3-2-4-9-22)29(15-20-7-5-6-10-23(20)27)24(30)17-32-16-19-11-13-21(26)14-12-19/h5-7,10-14,18,22H,2-4,8-9,15-17H2,1H3,(H,28,31). The number of hydrogen-bond donors (Lipinski definition) is 1. The maximum Gasteiger partial charge on any atom is 0.242 e. The predicted molar refractivity (Wildman–Crippen MR) is 134 cm³/mol. The van der Waals surface area contributed by atoms with Gasteiger partial charge in [0.1, 0.15) is 6.04 Å². The van der Waals surface area contributed by atoms with Crippen LogP contribution in [-0.2, 0) is 21.9 Å². The Labute approximate surface area is 205 Å². The third-order valence-corrected chi connectivity index (χ3v) is 7.43. The van der Waals surface area contributed by atoms with Crippen molar-refractivity contribution in [3.63, 3.8) is 0 Å². The Morgan fingerprint density at radius 3 is 2.44 bits per heavy atom. The fourth-order valence-corrected chi connectivity index (χ4v) is 5.07. The van der Waals surface area contributed by atoms with Crippen LogP contribution in [0.1, 0.15) is 50.2 Å². The predicted octanol–water partition coefficient (Wildman–Crippen LogP) is 6.09. The molecule has 0 bridgehead atoms. The van der Waals surface area contributed by atoms with Gasteiger partial charge in [0.05, 0.1) is 5.75 Å². The quantitative estimate of drug-likeness (QED) is 0.460. The van der Waals surface area contributed by atoms with E-state index in [9.17, 15) is 9.59 Å². The Bertz CT molecular complexity index is 901. The minimum atomic E-state index is -0.572. The highest BCUT2D eigenvalue weighted by atomic mass is 35.5. The molecule has 1 fully saturated rings. The van der Waals surface area contributed by atoms with E-state index >= 15 is 0 Å². The Morgan fingerprint density at radius 2 is 1.75 bits per heavy atom. The lowest BCUT2D eigenvalue weighted by molar-refractivity contribution is -0.139. The number of nitrogens with one attached hydrogen (secondary N) is 1. The molecule has 4 nitrogen and oxygen atoms in total. The molecule has 1 unspecified atom stereocenters. The second kappa shape index (κ2) is 12.5. The molecule has 1 saturated carbocycles. The Morgan fingerprint density at radius 1 is 1.06 bits per heavy atom. The minimum absolute atomic E-state index is 0.0739. The fraction of sp³-hybridized carbons (Fsp3) is 0.440. The molecule has 2 aromatic rings. The van der Waals surface area contributed by atoms with E-state index in [2.05, 4.69) is 5.32 Å². The van der Waals surface area contributed by atoms with Crippen LogP contribution in [0.4, 0.5) is 0 Å². The second-order valence-corrected chi connectivity index (χ2v) is 10.1. The average Bonchev–Trinajstić information content (AvgIpc) is 2.80. The maximum atomic E-state index is 13.2. The van der Waals surface area contributed by atoms with Gasteiger partial charge >= 0.3 is 0 Å². The Kier molecular flexibility index (Phi) is 9.76. The first-order chi connectivity index (χ1) is 15.4. The summed E-state index contributed by atoms with van der Waals surface area (Å²) in [6, 6.07) is 14.7. The van der Waals surface area contributed by atoms with Crippen molar-refractivity contribution >= 4 is 46.8 Å². The van der Waals surface area contributed by atoms with Crippen molar-refractivity contribution < 1.29 is 9.59 Å². The molecule has 1 atom stereocenters. The van der Waals surface area contributed by atoms with Gasteiger partial charge in [-0.05, 0) is 49.1 Å². The lowest BCUT2D eigenvalue weighted by Gasteiger charge is -2.31. The zero-order valence-corrected chi connectivity index (χ0v) is 20.7. The minimum Gasteiger partial charge on any atom is -0.352 e. The van der Waals surface area contributed by atoms with Gasteiger partial charge in [0.25, 0.3) is 0 Å². The lowest BCUT2D eigenvalue weighted by atomic mass is 9.95. The van der Waals surface area contributed by atoms with Gasteiger partial charge in [-0.25, -0.2) is 0 Å². The molecular formula is C25H30Cl2N2O2S. The summed E-state index contributed by atoms with van der Waals surface area (Å²) in [7, 11) is 0. The first-order valence-electron chi connectivity index (χ1n) is 11.1. The van der Waals surface area contributed by atoms with Crippen LogP contribution in [0.3, 0.4) is 0 Å². The normalized spacial score (nSPS) is 15.2. The molecule has 2 aromatic carbocycles. The van der Waals surface area contributed by atoms with Crippen molar-refractivity contribution in [2.45, 2.75) is 63.4 Å². The highest BCUT2D eigenvalue weighted by Crippen LogP contribution is 2.22. The number of carbonyl (C=O) groups excluding carboxylic acids is 2. The molecule has 0 saturated heterocycles. The number of halogens is 2. The molecule has 3 rings (SSSR count). The highest BCUT2D eigenvalue weighted by Gasteiger charge is 2.28. The van der Waals surface area contributed by atoms with Gasteiger partial charge in [-0.15, -0.1) is 11.8 Å². The SMILES string of the molecule is CC(C(=O)NC1CCCCC1)N(Cc1ccccc1Cl)C(=O)CSCc1ccc(Cl)cc1. The molecule has 0 spiro atoms. The monoisotopic (exact) mass is 492 g/mol. The van der Waals surface area contributed by atoms with Crippen LogP contribution in [0, 0.1) is 0 Å². The van der Waals surface area contributed by atoms with Crippen molar-refractivity contribution in [2.24, 2.45) is 0 Å². The number of carbonyl (C=O) groups is 2. The van der Waals surface area contributed by atoms with E-state index < -0.39 is 6.04 Å². The number of nitrogens with zero attached hydrogens (tertiary/aromatic N) is 1. The van der Waals surface area contributed by atoms with Crippen molar-refractivity contribution in [2.75, 3.05) is 5.75 Å². The summed E-state index contributed by atoms with van der Waals surface area (Å²) in [5.41, 5.74) is 1.94. The van der Waals surface area contributed by atoms with Crippen molar-refractivity contribution in [3.8, 4) is 0 Å². The largest absolute Gasteiger partial charge is 0.352 e. The smallest absolute Gasteiger partial charge is 0.242 e. The van der Waals surface area contributed by atoms with Gasteiger partial charge in [0.2, 0.25) is 11.8 Å². The van der Waals surface area contributed by atoms with E-state index in [-0.39, 0.29) is 23.6 Å². The molecule has 32 heavy (non-hydrogen) atoms. The third-order valence-electron chi connectivity index (χ3n) is 5.82. The summed E-state index contributed by atoms with van der Waals surface area (Å²) in [6.45, 7) is 2.11. The molecule has 0 aliphatic heterocycles. The molecule has 172 valence electrons. The van der Waals surface area contributed by atoms with Gasteiger partial charge < -0.3 is 10.2 Å². The summed E-state index contributed by atoms with van der Waals surface area (Å²) in [5.74, 6) is 0.815. The topological polar surface area (TPSA) is 49.4 Å². The van der Waals surface area contributed by atoms with E-state index in [1.165, 1.54) is 18.2 Å². The number of rotatable bonds is 9. The van der Waals surface area contributed by atoms with Crippen molar-refractivity contribution in [3.05, 3.63) is 69.7 Å². The number of thioether (sulfide) groups is 1. The molecule has 1 aliphatic carbocycles. The highest BCUT2D eigenvalue weighted by molar-refractivity contribution is 7.99. The maximum absolute atomic E-state index is 13.2. The molecular weight excluding hydrogens is 463 g/mol. The number of hydrogen-bond acceptors (Lipinski definition) is 3. The molecule has 0 heterocycles. The van der Waals surface area contributed by atoms with Gasteiger partial charge in [0, 0.05) is 28.4 Å². The van der Waals surface area contributed by atoms with E-state index in [0.717, 1.165) is 36.8 Å². The first-order valence-corrected chi connectivity index (χ1v) is 13.0. The van der Waals surface area contributed by atoms with Crippen LogP contribution in [0.5, 0.6) is 0 Å². The molecule has 7 heteroatoms.